The molecular formula is C14H16BrN3. The van der Waals surface area contributed by atoms with Crippen LogP contribution >= 0.6 is 15.9 Å². The molecule has 0 saturated carbocycles. The number of nitrogens with zero attached hydrogens (tertiary/aromatic N) is 2. The van der Waals surface area contributed by atoms with Gasteiger partial charge in [-0.3, -0.25) is 0 Å². The van der Waals surface area contributed by atoms with Crippen molar-refractivity contribution >= 4 is 15.9 Å². The number of hydrogen-bond acceptors (Lipinski definition) is 3. The van der Waals surface area contributed by atoms with E-state index in [-0.39, 0.29) is 6.04 Å². The summed E-state index contributed by atoms with van der Waals surface area (Å²) in [5.74, 6) is 0.843. The highest BCUT2D eigenvalue weighted by molar-refractivity contribution is 9.10. The molecule has 1 atom stereocenters. The maximum atomic E-state index is 4.33. The van der Waals surface area contributed by atoms with Crippen LogP contribution in [0.1, 0.15) is 24.4 Å². The Bertz CT molecular complexity index is 487. The normalized spacial score (nSPS) is 12.3. The van der Waals surface area contributed by atoms with Gasteiger partial charge in [-0.15, -0.1) is 0 Å². The zero-order valence-corrected chi connectivity index (χ0v) is 11.9. The van der Waals surface area contributed by atoms with E-state index in [0.29, 0.717) is 0 Å². The predicted octanol–water partition coefficient (Wildman–Crippen LogP) is 3.13. The first kappa shape index (κ1) is 13.2. The molecule has 0 saturated heterocycles. The molecule has 1 aromatic carbocycles. The number of halogens is 1. The van der Waals surface area contributed by atoms with Crippen molar-refractivity contribution in [2.75, 3.05) is 6.54 Å². The summed E-state index contributed by atoms with van der Waals surface area (Å²) in [6, 6.07) is 10.2. The van der Waals surface area contributed by atoms with Gasteiger partial charge in [-0.05, 0) is 30.7 Å². The molecule has 3 nitrogen and oxygen atoms in total. The number of nitrogens with one attached hydrogen (secondary N) is 1. The Hall–Kier alpha value is -1.26. The predicted molar refractivity (Wildman–Crippen MR) is 76.3 cm³/mol. The number of aromatic nitrogens is 2. The van der Waals surface area contributed by atoms with Crippen LogP contribution in [-0.4, -0.2) is 16.5 Å². The van der Waals surface area contributed by atoms with Crippen molar-refractivity contribution in [2.24, 2.45) is 0 Å². The number of likely N-dealkylation sites (N-methyl/N-ethyl adjacent to an activating group) is 1. The standard InChI is InChI=1S/C14H16BrN3/c1-2-16-13(14-17-8-5-9-18-14)10-11-6-3-4-7-12(11)15/h3-9,13,16H,2,10H2,1H3. The van der Waals surface area contributed by atoms with Gasteiger partial charge in [0, 0.05) is 16.9 Å². The van der Waals surface area contributed by atoms with Crippen LogP contribution in [0.4, 0.5) is 0 Å². The van der Waals surface area contributed by atoms with E-state index in [1.807, 2.05) is 12.1 Å². The van der Waals surface area contributed by atoms with Crippen molar-refractivity contribution in [1.29, 1.82) is 0 Å². The van der Waals surface area contributed by atoms with Gasteiger partial charge in [0.2, 0.25) is 0 Å². The summed E-state index contributed by atoms with van der Waals surface area (Å²) in [4.78, 5) is 8.67. The fourth-order valence-electron chi connectivity index (χ4n) is 1.88. The zero-order chi connectivity index (χ0) is 12.8. The highest BCUT2D eigenvalue weighted by atomic mass is 79.9. The molecule has 0 radical (unpaired) electrons. The molecule has 94 valence electrons. The lowest BCUT2D eigenvalue weighted by atomic mass is 10.1. The maximum Gasteiger partial charge on any atom is 0.145 e. The molecule has 0 amide bonds. The molecule has 1 aromatic heterocycles. The monoisotopic (exact) mass is 305 g/mol. The second kappa shape index (κ2) is 6.61. The maximum absolute atomic E-state index is 4.33. The molecule has 0 aliphatic carbocycles. The first-order valence-corrected chi connectivity index (χ1v) is 6.84. The second-order valence-electron chi connectivity index (χ2n) is 4.01. The first-order valence-electron chi connectivity index (χ1n) is 6.05. The molecule has 1 unspecified atom stereocenters. The molecule has 18 heavy (non-hydrogen) atoms. The summed E-state index contributed by atoms with van der Waals surface area (Å²) in [7, 11) is 0. The molecule has 0 aliphatic heterocycles. The van der Waals surface area contributed by atoms with Crippen molar-refractivity contribution in [3.63, 3.8) is 0 Å². The summed E-state index contributed by atoms with van der Waals surface area (Å²) < 4.78 is 1.13. The summed E-state index contributed by atoms with van der Waals surface area (Å²) in [6.07, 6.45) is 4.44. The van der Waals surface area contributed by atoms with E-state index >= 15 is 0 Å². The Labute approximate surface area is 116 Å². The lowest BCUT2D eigenvalue weighted by Gasteiger charge is -2.17. The van der Waals surface area contributed by atoms with Gasteiger partial charge < -0.3 is 5.32 Å². The molecule has 0 aliphatic rings. The Morgan fingerprint density at radius 2 is 1.89 bits per heavy atom. The van der Waals surface area contributed by atoms with E-state index in [9.17, 15) is 0 Å². The van der Waals surface area contributed by atoms with Crippen LogP contribution in [0.2, 0.25) is 0 Å². The van der Waals surface area contributed by atoms with E-state index in [2.05, 4.69) is 56.3 Å². The summed E-state index contributed by atoms with van der Waals surface area (Å²) in [5, 5.41) is 3.43. The molecule has 1 N–H and O–H groups in total. The Morgan fingerprint density at radius 1 is 1.17 bits per heavy atom. The SMILES string of the molecule is CCNC(Cc1ccccc1Br)c1ncccn1. The van der Waals surface area contributed by atoms with Crippen LogP contribution < -0.4 is 5.32 Å². The van der Waals surface area contributed by atoms with E-state index in [0.717, 1.165) is 23.3 Å². The van der Waals surface area contributed by atoms with Crippen molar-refractivity contribution in [3.8, 4) is 0 Å². The lowest BCUT2D eigenvalue weighted by Crippen LogP contribution is -2.25. The van der Waals surface area contributed by atoms with Gasteiger partial charge in [-0.25, -0.2) is 9.97 Å². The molecular weight excluding hydrogens is 290 g/mol. The van der Waals surface area contributed by atoms with E-state index in [1.54, 1.807) is 12.4 Å². The van der Waals surface area contributed by atoms with Crippen LogP contribution in [-0.2, 0) is 6.42 Å². The van der Waals surface area contributed by atoms with Crippen molar-refractivity contribution in [3.05, 3.63) is 58.6 Å². The summed E-state index contributed by atoms with van der Waals surface area (Å²) >= 11 is 3.58. The Morgan fingerprint density at radius 3 is 2.56 bits per heavy atom. The van der Waals surface area contributed by atoms with Crippen LogP contribution in [0.15, 0.2) is 47.2 Å². The minimum atomic E-state index is 0.148. The van der Waals surface area contributed by atoms with Crippen LogP contribution in [0.25, 0.3) is 0 Å². The smallest absolute Gasteiger partial charge is 0.145 e. The summed E-state index contributed by atoms with van der Waals surface area (Å²) in [6.45, 7) is 2.99. The van der Waals surface area contributed by atoms with Crippen LogP contribution in [0.3, 0.4) is 0 Å². The van der Waals surface area contributed by atoms with Crippen molar-refractivity contribution in [1.82, 2.24) is 15.3 Å². The zero-order valence-electron chi connectivity index (χ0n) is 10.3. The number of hydrogen-bond donors (Lipinski definition) is 1. The fraction of sp³-hybridized carbons (Fsp3) is 0.286. The topological polar surface area (TPSA) is 37.8 Å². The second-order valence-corrected chi connectivity index (χ2v) is 4.87. The third-order valence-corrected chi connectivity index (χ3v) is 3.50. The lowest BCUT2D eigenvalue weighted by molar-refractivity contribution is 0.520. The average molecular weight is 306 g/mol. The third kappa shape index (κ3) is 3.37. The minimum absolute atomic E-state index is 0.148. The molecule has 4 heteroatoms. The van der Waals surface area contributed by atoms with Crippen molar-refractivity contribution < 1.29 is 0 Å². The van der Waals surface area contributed by atoms with E-state index in [1.165, 1.54) is 5.56 Å². The van der Waals surface area contributed by atoms with Gasteiger partial charge in [0.1, 0.15) is 5.82 Å². The molecule has 2 aromatic rings. The highest BCUT2D eigenvalue weighted by Crippen LogP contribution is 2.21. The highest BCUT2D eigenvalue weighted by Gasteiger charge is 2.14. The van der Waals surface area contributed by atoms with Crippen molar-refractivity contribution in [2.45, 2.75) is 19.4 Å². The van der Waals surface area contributed by atoms with E-state index < -0.39 is 0 Å². The fourth-order valence-corrected chi connectivity index (χ4v) is 2.32. The van der Waals surface area contributed by atoms with Gasteiger partial charge in [0.15, 0.2) is 0 Å². The number of rotatable bonds is 5. The molecule has 0 fully saturated rings. The Kier molecular flexibility index (Phi) is 4.84. The third-order valence-electron chi connectivity index (χ3n) is 2.73. The van der Waals surface area contributed by atoms with Gasteiger partial charge in [-0.2, -0.15) is 0 Å². The average Bonchev–Trinajstić information content (AvgIpc) is 2.42. The quantitative estimate of drug-likeness (QED) is 0.922. The molecule has 1 heterocycles. The summed E-state index contributed by atoms with van der Waals surface area (Å²) in [5.41, 5.74) is 1.26. The number of benzene rings is 1. The van der Waals surface area contributed by atoms with E-state index in [4.69, 9.17) is 0 Å². The minimum Gasteiger partial charge on any atom is -0.307 e. The largest absolute Gasteiger partial charge is 0.307 e. The molecule has 0 spiro atoms. The Balaban J connectivity index is 2.19. The van der Waals surface area contributed by atoms with Crippen LogP contribution in [0.5, 0.6) is 0 Å². The first-order chi connectivity index (χ1) is 8.81. The van der Waals surface area contributed by atoms with Crippen LogP contribution in [0, 0.1) is 0 Å². The van der Waals surface area contributed by atoms with Gasteiger partial charge >= 0.3 is 0 Å². The van der Waals surface area contributed by atoms with Gasteiger partial charge in [0.05, 0.1) is 6.04 Å². The molecule has 2 rings (SSSR count). The van der Waals surface area contributed by atoms with Gasteiger partial charge in [-0.1, -0.05) is 41.1 Å². The van der Waals surface area contributed by atoms with Gasteiger partial charge in [0.25, 0.3) is 0 Å². The molecule has 0 bridgehead atoms.